The van der Waals surface area contributed by atoms with Gasteiger partial charge in [0.25, 0.3) is 5.91 Å². The van der Waals surface area contributed by atoms with Gasteiger partial charge in [-0.25, -0.2) is 0 Å². The van der Waals surface area contributed by atoms with Crippen LogP contribution in [0.15, 0.2) is 42.7 Å². The number of nitrogens with zero attached hydrogens (tertiary/aromatic N) is 4. The molecular formula is C13H12N6O. The SMILES string of the molecule is Cn1cc(C(=O)Nc2cccc(-c3ccn[nH]3)c2)nn1. The number of hydrogen-bond donors (Lipinski definition) is 2. The maximum Gasteiger partial charge on any atom is 0.277 e. The Kier molecular flexibility index (Phi) is 3.00. The summed E-state index contributed by atoms with van der Waals surface area (Å²) in [7, 11) is 1.71. The summed E-state index contributed by atoms with van der Waals surface area (Å²) in [6.07, 6.45) is 3.24. The number of aryl methyl sites for hydroxylation is 1. The van der Waals surface area contributed by atoms with Crippen molar-refractivity contribution in [1.82, 2.24) is 25.2 Å². The summed E-state index contributed by atoms with van der Waals surface area (Å²) in [5.41, 5.74) is 2.80. The molecule has 0 fully saturated rings. The van der Waals surface area contributed by atoms with Gasteiger partial charge in [-0.15, -0.1) is 5.10 Å². The first-order valence-corrected chi connectivity index (χ1v) is 6.00. The van der Waals surface area contributed by atoms with Crippen molar-refractivity contribution in [3.63, 3.8) is 0 Å². The van der Waals surface area contributed by atoms with E-state index in [0.717, 1.165) is 11.3 Å². The molecule has 2 N–H and O–H groups in total. The summed E-state index contributed by atoms with van der Waals surface area (Å²) in [6, 6.07) is 9.34. The highest BCUT2D eigenvalue weighted by Crippen LogP contribution is 2.20. The molecule has 0 aliphatic rings. The van der Waals surface area contributed by atoms with E-state index in [-0.39, 0.29) is 11.6 Å². The molecule has 1 amide bonds. The van der Waals surface area contributed by atoms with Crippen LogP contribution in [0.2, 0.25) is 0 Å². The minimum absolute atomic E-state index is 0.277. The molecule has 2 aromatic heterocycles. The summed E-state index contributed by atoms with van der Waals surface area (Å²) >= 11 is 0. The molecule has 0 saturated heterocycles. The fraction of sp³-hybridized carbons (Fsp3) is 0.0769. The number of aromatic amines is 1. The van der Waals surface area contributed by atoms with E-state index < -0.39 is 0 Å². The molecule has 1 aromatic carbocycles. The monoisotopic (exact) mass is 268 g/mol. The van der Waals surface area contributed by atoms with Crippen LogP contribution in [0.4, 0.5) is 5.69 Å². The van der Waals surface area contributed by atoms with Gasteiger partial charge in [0.2, 0.25) is 0 Å². The second kappa shape index (κ2) is 4.96. The Bertz CT molecular complexity index is 731. The number of benzene rings is 1. The molecule has 0 radical (unpaired) electrons. The first-order valence-electron chi connectivity index (χ1n) is 6.00. The van der Waals surface area contributed by atoms with Crippen LogP contribution in [0.25, 0.3) is 11.3 Å². The third-order valence-corrected chi connectivity index (χ3v) is 2.77. The van der Waals surface area contributed by atoms with Crippen molar-refractivity contribution in [3.05, 3.63) is 48.4 Å². The summed E-state index contributed by atoms with van der Waals surface area (Å²) in [5.74, 6) is -0.292. The van der Waals surface area contributed by atoms with Gasteiger partial charge in [0.15, 0.2) is 5.69 Å². The Morgan fingerprint density at radius 3 is 2.95 bits per heavy atom. The molecule has 0 unspecified atom stereocenters. The predicted octanol–water partition coefficient (Wildman–Crippen LogP) is 1.46. The van der Waals surface area contributed by atoms with Crippen molar-refractivity contribution in [3.8, 4) is 11.3 Å². The van der Waals surface area contributed by atoms with Crippen molar-refractivity contribution in [2.24, 2.45) is 7.05 Å². The number of rotatable bonds is 3. The molecular weight excluding hydrogens is 256 g/mol. The average molecular weight is 268 g/mol. The molecule has 20 heavy (non-hydrogen) atoms. The van der Waals surface area contributed by atoms with E-state index in [2.05, 4.69) is 25.8 Å². The average Bonchev–Trinajstić information content (AvgIpc) is 3.10. The molecule has 3 rings (SSSR count). The Morgan fingerprint density at radius 1 is 1.35 bits per heavy atom. The van der Waals surface area contributed by atoms with E-state index in [1.807, 2.05) is 30.3 Å². The van der Waals surface area contributed by atoms with Crippen molar-refractivity contribution in [2.45, 2.75) is 0 Å². The molecule has 0 atom stereocenters. The van der Waals surface area contributed by atoms with Gasteiger partial charge in [0, 0.05) is 24.5 Å². The van der Waals surface area contributed by atoms with E-state index in [4.69, 9.17) is 0 Å². The van der Waals surface area contributed by atoms with Gasteiger partial charge in [-0.1, -0.05) is 17.3 Å². The van der Waals surface area contributed by atoms with E-state index >= 15 is 0 Å². The van der Waals surface area contributed by atoms with Crippen molar-refractivity contribution in [1.29, 1.82) is 0 Å². The second-order valence-electron chi connectivity index (χ2n) is 4.28. The van der Waals surface area contributed by atoms with Crippen molar-refractivity contribution < 1.29 is 4.79 Å². The number of carbonyl (C=O) groups excluding carboxylic acids is 1. The highest BCUT2D eigenvalue weighted by molar-refractivity contribution is 6.02. The topological polar surface area (TPSA) is 88.5 Å². The van der Waals surface area contributed by atoms with Gasteiger partial charge < -0.3 is 5.32 Å². The summed E-state index contributed by atoms with van der Waals surface area (Å²) in [4.78, 5) is 12.0. The molecule has 2 heterocycles. The Hall–Kier alpha value is -2.96. The Labute approximate surface area is 114 Å². The third kappa shape index (κ3) is 2.41. The molecule has 7 heteroatoms. The maximum absolute atomic E-state index is 12.0. The van der Waals surface area contributed by atoms with Crippen LogP contribution in [0, 0.1) is 0 Å². The smallest absolute Gasteiger partial charge is 0.277 e. The fourth-order valence-corrected chi connectivity index (χ4v) is 1.83. The molecule has 3 aromatic rings. The van der Waals surface area contributed by atoms with E-state index in [1.165, 1.54) is 4.68 Å². The van der Waals surface area contributed by atoms with Gasteiger partial charge in [0.05, 0.1) is 11.9 Å². The number of aromatic nitrogens is 5. The Balaban J connectivity index is 1.81. The lowest BCUT2D eigenvalue weighted by molar-refractivity contribution is 0.102. The van der Waals surface area contributed by atoms with Crippen molar-refractivity contribution in [2.75, 3.05) is 5.32 Å². The normalized spacial score (nSPS) is 10.4. The van der Waals surface area contributed by atoms with Crippen LogP contribution < -0.4 is 5.32 Å². The number of anilines is 1. The van der Waals surface area contributed by atoms with Gasteiger partial charge in [0.1, 0.15) is 0 Å². The zero-order valence-corrected chi connectivity index (χ0v) is 10.7. The number of amides is 1. The minimum Gasteiger partial charge on any atom is -0.321 e. The number of nitrogens with one attached hydrogen (secondary N) is 2. The fourth-order valence-electron chi connectivity index (χ4n) is 1.83. The van der Waals surface area contributed by atoms with Gasteiger partial charge in [-0.3, -0.25) is 14.6 Å². The third-order valence-electron chi connectivity index (χ3n) is 2.77. The van der Waals surface area contributed by atoms with E-state index in [9.17, 15) is 4.79 Å². The molecule has 100 valence electrons. The number of carbonyl (C=O) groups is 1. The lowest BCUT2D eigenvalue weighted by atomic mass is 10.1. The van der Waals surface area contributed by atoms with Crippen LogP contribution in [0.3, 0.4) is 0 Å². The second-order valence-corrected chi connectivity index (χ2v) is 4.28. The lowest BCUT2D eigenvalue weighted by Gasteiger charge is -2.04. The van der Waals surface area contributed by atoms with Crippen LogP contribution in [-0.4, -0.2) is 31.1 Å². The zero-order chi connectivity index (χ0) is 13.9. The van der Waals surface area contributed by atoms with Crippen molar-refractivity contribution >= 4 is 11.6 Å². The maximum atomic E-state index is 12.0. The molecule has 0 spiro atoms. The molecule has 0 saturated carbocycles. The zero-order valence-electron chi connectivity index (χ0n) is 10.7. The van der Waals surface area contributed by atoms with E-state index in [0.29, 0.717) is 5.69 Å². The highest BCUT2D eigenvalue weighted by Gasteiger charge is 2.10. The number of H-pyrrole nitrogens is 1. The largest absolute Gasteiger partial charge is 0.321 e. The van der Waals surface area contributed by atoms with Crippen LogP contribution in [-0.2, 0) is 7.05 Å². The summed E-state index contributed by atoms with van der Waals surface area (Å²) < 4.78 is 1.48. The Morgan fingerprint density at radius 2 is 2.25 bits per heavy atom. The number of hydrogen-bond acceptors (Lipinski definition) is 4. The molecule has 0 bridgehead atoms. The quantitative estimate of drug-likeness (QED) is 0.752. The predicted molar refractivity (Wildman–Crippen MR) is 73.0 cm³/mol. The first-order chi connectivity index (χ1) is 9.72. The van der Waals surface area contributed by atoms with Crippen LogP contribution in [0.5, 0.6) is 0 Å². The highest BCUT2D eigenvalue weighted by atomic mass is 16.2. The van der Waals surface area contributed by atoms with Gasteiger partial charge in [-0.05, 0) is 18.2 Å². The van der Waals surface area contributed by atoms with Gasteiger partial charge >= 0.3 is 0 Å². The van der Waals surface area contributed by atoms with Crippen LogP contribution >= 0.6 is 0 Å². The molecule has 0 aliphatic carbocycles. The first kappa shape index (κ1) is 12.1. The lowest BCUT2D eigenvalue weighted by Crippen LogP contribution is -2.12. The molecule has 7 nitrogen and oxygen atoms in total. The summed E-state index contributed by atoms with van der Waals surface area (Å²) in [5, 5.41) is 17.1. The minimum atomic E-state index is -0.292. The van der Waals surface area contributed by atoms with E-state index in [1.54, 1.807) is 19.4 Å². The van der Waals surface area contributed by atoms with Crippen LogP contribution in [0.1, 0.15) is 10.5 Å². The summed E-state index contributed by atoms with van der Waals surface area (Å²) in [6.45, 7) is 0. The van der Waals surface area contributed by atoms with Gasteiger partial charge in [-0.2, -0.15) is 5.10 Å². The molecule has 0 aliphatic heterocycles. The standard InChI is InChI=1S/C13H12N6O/c1-19-8-12(17-18-19)13(20)15-10-4-2-3-9(7-10)11-5-6-14-16-11/h2-8H,1H3,(H,14,16)(H,15,20).